The minimum Gasteiger partial charge on any atom is -0.379 e. The molecule has 0 unspecified atom stereocenters. The van der Waals surface area contributed by atoms with Crippen LogP contribution in [0, 0.1) is 5.92 Å². The Morgan fingerprint density at radius 3 is 2.68 bits per heavy atom. The van der Waals surface area contributed by atoms with Gasteiger partial charge in [0.25, 0.3) is 0 Å². The molecule has 1 aliphatic heterocycles. The molecule has 0 aromatic carbocycles. The van der Waals surface area contributed by atoms with Gasteiger partial charge in [-0.3, -0.25) is 9.69 Å². The van der Waals surface area contributed by atoms with Gasteiger partial charge in [0.05, 0.1) is 19.8 Å². The first-order chi connectivity index (χ1) is 9.18. The number of nitrogens with one attached hydrogen (secondary N) is 2. The van der Waals surface area contributed by atoms with E-state index in [9.17, 15) is 4.79 Å². The molecular formula is C14H29N3O2. The third-order valence-corrected chi connectivity index (χ3v) is 3.26. The fourth-order valence-electron chi connectivity index (χ4n) is 2.02. The van der Waals surface area contributed by atoms with E-state index in [1.54, 1.807) is 0 Å². The number of carbonyl (C=O) groups excluding carboxylic acids is 1. The Bertz CT molecular complexity index is 241. The van der Waals surface area contributed by atoms with Gasteiger partial charge in [-0.25, -0.2) is 0 Å². The number of rotatable bonds is 9. The van der Waals surface area contributed by atoms with E-state index in [0.717, 1.165) is 58.8 Å². The summed E-state index contributed by atoms with van der Waals surface area (Å²) in [5.74, 6) is 0.744. The van der Waals surface area contributed by atoms with E-state index in [1.807, 2.05) is 0 Å². The average molecular weight is 271 g/mol. The number of ether oxygens (including phenoxy) is 1. The summed E-state index contributed by atoms with van der Waals surface area (Å²) in [5, 5.41) is 6.12. The highest BCUT2D eigenvalue weighted by molar-refractivity contribution is 5.77. The predicted octanol–water partition coefficient (Wildman–Crippen LogP) is 0.461. The number of morpholine rings is 1. The molecule has 0 bridgehead atoms. The molecule has 19 heavy (non-hydrogen) atoms. The molecule has 1 heterocycles. The molecule has 0 atom stereocenters. The normalized spacial score (nSPS) is 16.8. The third-order valence-electron chi connectivity index (χ3n) is 3.26. The first-order valence-corrected chi connectivity index (χ1v) is 7.46. The van der Waals surface area contributed by atoms with Crippen molar-refractivity contribution >= 4 is 5.91 Å². The SMILES string of the molecule is CC(C)CCNC(=O)CNCCCN1CCOCC1. The van der Waals surface area contributed by atoms with Crippen molar-refractivity contribution in [3.63, 3.8) is 0 Å². The molecule has 5 heteroatoms. The first kappa shape index (κ1) is 16.4. The molecule has 0 radical (unpaired) electrons. The summed E-state index contributed by atoms with van der Waals surface area (Å²) in [6, 6.07) is 0. The lowest BCUT2D eigenvalue weighted by molar-refractivity contribution is -0.120. The third kappa shape index (κ3) is 8.97. The van der Waals surface area contributed by atoms with E-state index in [-0.39, 0.29) is 5.91 Å². The van der Waals surface area contributed by atoms with Crippen LogP contribution in [0.1, 0.15) is 26.7 Å². The van der Waals surface area contributed by atoms with Gasteiger partial charge in [0.2, 0.25) is 5.91 Å². The topological polar surface area (TPSA) is 53.6 Å². The van der Waals surface area contributed by atoms with Crippen molar-refractivity contribution in [1.29, 1.82) is 0 Å². The van der Waals surface area contributed by atoms with Crippen LogP contribution < -0.4 is 10.6 Å². The predicted molar refractivity (Wildman–Crippen MR) is 77.2 cm³/mol. The van der Waals surface area contributed by atoms with E-state index < -0.39 is 0 Å². The van der Waals surface area contributed by atoms with Crippen LogP contribution in [0.3, 0.4) is 0 Å². The van der Waals surface area contributed by atoms with Crippen LogP contribution in [-0.4, -0.2) is 63.3 Å². The smallest absolute Gasteiger partial charge is 0.233 e. The Balaban J connectivity index is 1.88. The molecule has 0 saturated carbocycles. The Morgan fingerprint density at radius 2 is 2.00 bits per heavy atom. The quantitative estimate of drug-likeness (QED) is 0.598. The number of hydrogen-bond donors (Lipinski definition) is 2. The van der Waals surface area contributed by atoms with Crippen LogP contribution in [0.2, 0.25) is 0 Å². The average Bonchev–Trinajstić information content (AvgIpc) is 2.39. The highest BCUT2D eigenvalue weighted by atomic mass is 16.5. The number of carbonyl (C=O) groups is 1. The van der Waals surface area contributed by atoms with Crippen molar-refractivity contribution in [2.24, 2.45) is 5.92 Å². The monoisotopic (exact) mass is 271 g/mol. The number of hydrogen-bond acceptors (Lipinski definition) is 4. The Labute approximate surface area is 117 Å². The van der Waals surface area contributed by atoms with Crippen LogP contribution in [-0.2, 0) is 9.53 Å². The maximum Gasteiger partial charge on any atom is 0.233 e. The van der Waals surface area contributed by atoms with Gasteiger partial charge in [0.1, 0.15) is 0 Å². The maximum atomic E-state index is 11.5. The molecule has 0 aliphatic carbocycles. The molecule has 1 aliphatic rings. The van der Waals surface area contributed by atoms with E-state index >= 15 is 0 Å². The van der Waals surface area contributed by atoms with Crippen molar-refractivity contribution < 1.29 is 9.53 Å². The van der Waals surface area contributed by atoms with Crippen LogP contribution in [0.25, 0.3) is 0 Å². The van der Waals surface area contributed by atoms with Crippen molar-refractivity contribution in [2.75, 3.05) is 52.5 Å². The van der Waals surface area contributed by atoms with Crippen LogP contribution >= 0.6 is 0 Å². The largest absolute Gasteiger partial charge is 0.379 e. The molecular weight excluding hydrogens is 242 g/mol. The molecule has 5 nitrogen and oxygen atoms in total. The van der Waals surface area contributed by atoms with Crippen LogP contribution in [0.4, 0.5) is 0 Å². The summed E-state index contributed by atoms with van der Waals surface area (Å²) in [7, 11) is 0. The van der Waals surface area contributed by atoms with E-state index in [2.05, 4.69) is 29.4 Å². The van der Waals surface area contributed by atoms with Gasteiger partial charge in [0.15, 0.2) is 0 Å². The molecule has 1 fully saturated rings. The minimum absolute atomic E-state index is 0.104. The standard InChI is InChI=1S/C14H29N3O2/c1-13(2)4-6-16-14(18)12-15-5-3-7-17-8-10-19-11-9-17/h13,15H,3-12H2,1-2H3,(H,16,18). The number of nitrogens with zero attached hydrogens (tertiary/aromatic N) is 1. The molecule has 0 aromatic heterocycles. The molecule has 1 rings (SSSR count). The van der Waals surface area contributed by atoms with Gasteiger partial charge in [-0.2, -0.15) is 0 Å². The van der Waals surface area contributed by atoms with Gasteiger partial charge >= 0.3 is 0 Å². The number of amides is 1. The van der Waals surface area contributed by atoms with Crippen molar-refractivity contribution in [3.8, 4) is 0 Å². The maximum absolute atomic E-state index is 11.5. The van der Waals surface area contributed by atoms with Gasteiger partial charge in [-0.05, 0) is 31.8 Å². The van der Waals surface area contributed by atoms with E-state index in [0.29, 0.717) is 12.5 Å². The highest BCUT2D eigenvalue weighted by Gasteiger charge is 2.09. The lowest BCUT2D eigenvalue weighted by Crippen LogP contribution is -2.39. The summed E-state index contributed by atoms with van der Waals surface area (Å²) >= 11 is 0. The van der Waals surface area contributed by atoms with Crippen LogP contribution in [0.5, 0.6) is 0 Å². The Hall–Kier alpha value is -0.650. The van der Waals surface area contributed by atoms with Crippen molar-refractivity contribution in [2.45, 2.75) is 26.7 Å². The summed E-state index contributed by atoms with van der Waals surface area (Å²) in [6.45, 7) is 11.3. The summed E-state index contributed by atoms with van der Waals surface area (Å²) in [5.41, 5.74) is 0. The fourth-order valence-corrected chi connectivity index (χ4v) is 2.02. The van der Waals surface area contributed by atoms with E-state index in [1.165, 1.54) is 0 Å². The Morgan fingerprint density at radius 1 is 1.26 bits per heavy atom. The molecule has 0 aromatic rings. The second-order valence-electron chi connectivity index (χ2n) is 5.52. The molecule has 1 saturated heterocycles. The minimum atomic E-state index is 0.104. The van der Waals surface area contributed by atoms with Crippen molar-refractivity contribution in [3.05, 3.63) is 0 Å². The zero-order chi connectivity index (χ0) is 13.9. The summed E-state index contributed by atoms with van der Waals surface area (Å²) in [4.78, 5) is 13.9. The van der Waals surface area contributed by atoms with Crippen molar-refractivity contribution in [1.82, 2.24) is 15.5 Å². The zero-order valence-corrected chi connectivity index (χ0v) is 12.4. The summed E-state index contributed by atoms with van der Waals surface area (Å²) < 4.78 is 5.30. The summed E-state index contributed by atoms with van der Waals surface area (Å²) in [6.07, 6.45) is 2.13. The van der Waals surface area contributed by atoms with Gasteiger partial charge < -0.3 is 15.4 Å². The van der Waals surface area contributed by atoms with Crippen LogP contribution in [0.15, 0.2) is 0 Å². The molecule has 112 valence electrons. The molecule has 1 amide bonds. The van der Waals surface area contributed by atoms with Gasteiger partial charge in [-0.1, -0.05) is 13.8 Å². The Kier molecular flexibility index (Phi) is 8.79. The zero-order valence-electron chi connectivity index (χ0n) is 12.4. The lowest BCUT2D eigenvalue weighted by atomic mass is 10.1. The molecule has 2 N–H and O–H groups in total. The first-order valence-electron chi connectivity index (χ1n) is 7.46. The highest BCUT2D eigenvalue weighted by Crippen LogP contribution is 1.97. The second kappa shape index (κ2) is 10.2. The fraction of sp³-hybridized carbons (Fsp3) is 0.929. The second-order valence-corrected chi connectivity index (χ2v) is 5.52. The van der Waals surface area contributed by atoms with Gasteiger partial charge in [-0.15, -0.1) is 0 Å². The lowest BCUT2D eigenvalue weighted by Gasteiger charge is -2.26. The van der Waals surface area contributed by atoms with Gasteiger partial charge in [0, 0.05) is 19.6 Å². The molecule has 0 spiro atoms. The van der Waals surface area contributed by atoms with E-state index in [4.69, 9.17) is 4.74 Å².